The molecule has 26 heavy (non-hydrogen) atoms. The van der Waals surface area contributed by atoms with Gasteiger partial charge in [0.2, 0.25) is 0 Å². The molecule has 2 N–H and O–H groups in total. The highest BCUT2D eigenvalue weighted by Gasteiger charge is 2.12. The van der Waals surface area contributed by atoms with Crippen LogP contribution in [0.15, 0.2) is 53.5 Å². The Morgan fingerprint density at radius 2 is 1.65 bits per heavy atom. The van der Waals surface area contributed by atoms with E-state index in [4.69, 9.17) is 9.47 Å². The number of nitriles is 1. The molecule has 7 nitrogen and oxygen atoms in total. The highest BCUT2D eigenvalue weighted by Crippen LogP contribution is 2.26. The molecule has 0 atom stereocenters. The van der Waals surface area contributed by atoms with Crippen LogP contribution in [0.4, 0.5) is 17.3 Å². The molecular formula is C19H17N5O2. The predicted molar refractivity (Wildman–Crippen MR) is 99.8 cm³/mol. The van der Waals surface area contributed by atoms with Crippen LogP contribution in [0.3, 0.4) is 0 Å². The maximum atomic E-state index is 9.45. The average molecular weight is 347 g/mol. The van der Waals surface area contributed by atoms with Gasteiger partial charge in [-0.05, 0) is 54.1 Å². The number of aromatic nitrogens is 2. The molecule has 3 aromatic rings. The minimum absolute atomic E-state index is 0.319. The summed E-state index contributed by atoms with van der Waals surface area (Å²) in [6.45, 7) is 0. The lowest BCUT2D eigenvalue weighted by atomic mass is 10.2. The van der Waals surface area contributed by atoms with Crippen molar-refractivity contribution < 1.29 is 9.47 Å². The lowest BCUT2D eigenvalue weighted by molar-refractivity contribution is 0.414. The number of nitrogens with zero attached hydrogens (tertiary/aromatic N) is 3. The van der Waals surface area contributed by atoms with E-state index in [1.165, 1.54) is 0 Å². The maximum Gasteiger partial charge on any atom is 0.193 e. The molecule has 0 saturated heterocycles. The Balaban J connectivity index is 1.78. The molecule has 0 aliphatic heterocycles. The fraction of sp³-hybridized carbons (Fsp3) is 0.105. The topological polar surface area (TPSA) is 95.3 Å². The summed E-state index contributed by atoms with van der Waals surface area (Å²) >= 11 is 0. The maximum absolute atomic E-state index is 9.45. The van der Waals surface area contributed by atoms with Crippen LogP contribution in [0.25, 0.3) is 0 Å². The molecule has 0 aliphatic rings. The first-order valence-electron chi connectivity index (χ1n) is 7.81. The van der Waals surface area contributed by atoms with Crippen molar-refractivity contribution in [3.63, 3.8) is 0 Å². The van der Waals surface area contributed by atoms with Crippen LogP contribution in [0.5, 0.6) is 11.5 Å². The standard InChI is InChI=1S/C19H17N5O2/c1-25-15-7-3-13(4-8-15)12-21-18-17(11-20)19(24-23-18)22-14-5-9-16(26-2)10-6-14/h3-10,12H,1-2H3,(H2,22,23,24). The summed E-state index contributed by atoms with van der Waals surface area (Å²) in [6, 6.07) is 16.9. The molecule has 130 valence electrons. The first-order chi connectivity index (χ1) is 12.7. The number of hydrogen-bond acceptors (Lipinski definition) is 6. The van der Waals surface area contributed by atoms with E-state index in [0.717, 1.165) is 22.7 Å². The molecule has 0 radical (unpaired) electrons. The van der Waals surface area contributed by atoms with Gasteiger partial charge in [0.1, 0.15) is 28.9 Å². The zero-order valence-corrected chi connectivity index (χ0v) is 14.4. The van der Waals surface area contributed by atoms with Crippen LogP contribution in [0.1, 0.15) is 11.1 Å². The SMILES string of the molecule is COc1ccc(C=Nc2n[nH]c(Nc3ccc(OC)cc3)c2C#N)cc1. The quantitative estimate of drug-likeness (QED) is 0.661. The lowest BCUT2D eigenvalue weighted by Crippen LogP contribution is -1.93. The molecule has 0 fully saturated rings. The number of H-pyrrole nitrogens is 1. The highest BCUT2D eigenvalue weighted by atomic mass is 16.5. The molecule has 7 heteroatoms. The van der Waals surface area contributed by atoms with Crippen LogP contribution < -0.4 is 14.8 Å². The van der Waals surface area contributed by atoms with Crippen molar-refractivity contribution >= 4 is 23.5 Å². The van der Waals surface area contributed by atoms with E-state index < -0.39 is 0 Å². The monoisotopic (exact) mass is 347 g/mol. The summed E-state index contributed by atoms with van der Waals surface area (Å²) < 4.78 is 10.3. The summed E-state index contributed by atoms with van der Waals surface area (Å²) in [5, 5.41) is 19.5. The minimum atomic E-state index is 0.319. The Kier molecular flexibility index (Phi) is 5.15. The molecule has 0 aliphatic carbocycles. The zero-order valence-electron chi connectivity index (χ0n) is 14.4. The van der Waals surface area contributed by atoms with Crippen molar-refractivity contribution in [2.75, 3.05) is 19.5 Å². The summed E-state index contributed by atoms with van der Waals surface area (Å²) in [5.41, 5.74) is 2.02. The zero-order chi connectivity index (χ0) is 18.4. The number of aliphatic imine (C=N–C) groups is 1. The second kappa shape index (κ2) is 7.85. The number of benzene rings is 2. The Morgan fingerprint density at radius 1 is 1.04 bits per heavy atom. The molecule has 1 heterocycles. The second-order valence-corrected chi connectivity index (χ2v) is 5.29. The van der Waals surface area contributed by atoms with Crippen molar-refractivity contribution in [1.29, 1.82) is 5.26 Å². The van der Waals surface area contributed by atoms with E-state index in [-0.39, 0.29) is 0 Å². The number of aromatic amines is 1. The van der Waals surface area contributed by atoms with Gasteiger partial charge in [0, 0.05) is 11.9 Å². The van der Waals surface area contributed by atoms with Gasteiger partial charge >= 0.3 is 0 Å². The third-order valence-corrected chi connectivity index (χ3v) is 3.67. The summed E-state index contributed by atoms with van der Waals surface area (Å²) in [6.07, 6.45) is 1.65. The van der Waals surface area contributed by atoms with Crippen LogP contribution >= 0.6 is 0 Å². The lowest BCUT2D eigenvalue weighted by Gasteiger charge is -2.05. The smallest absolute Gasteiger partial charge is 0.193 e. The largest absolute Gasteiger partial charge is 0.497 e. The van der Waals surface area contributed by atoms with Gasteiger partial charge in [0.05, 0.1) is 14.2 Å². The van der Waals surface area contributed by atoms with Crippen molar-refractivity contribution in [3.8, 4) is 17.6 Å². The Hall–Kier alpha value is -3.79. The van der Waals surface area contributed by atoms with E-state index in [1.54, 1.807) is 20.4 Å². The fourth-order valence-electron chi connectivity index (χ4n) is 2.27. The predicted octanol–water partition coefficient (Wildman–Crippen LogP) is 3.79. The molecule has 0 saturated carbocycles. The fourth-order valence-corrected chi connectivity index (χ4v) is 2.27. The van der Waals surface area contributed by atoms with Gasteiger partial charge in [-0.25, -0.2) is 4.99 Å². The molecule has 0 amide bonds. The van der Waals surface area contributed by atoms with E-state index in [9.17, 15) is 5.26 Å². The molecule has 3 rings (SSSR count). The molecule has 0 spiro atoms. The van der Waals surface area contributed by atoms with Crippen LogP contribution in [0, 0.1) is 11.3 Å². The van der Waals surface area contributed by atoms with Crippen LogP contribution in [-0.4, -0.2) is 30.6 Å². The number of hydrogen-bond donors (Lipinski definition) is 2. The minimum Gasteiger partial charge on any atom is -0.497 e. The van der Waals surface area contributed by atoms with Gasteiger partial charge < -0.3 is 14.8 Å². The molecule has 0 bridgehead atoms. The van der Waals surface area contributed by atoms with Crippen molar-refractivity contribution in [2.24, 2.45) is 4.99 Å². The normalized spacial score (nSPS) is 10.5. The van der Waals surface area contributed by atoms with Gasteiger partial charge in [-0.1, -0.05) is 0 Å². The first-order valence-corrected chi connectivity index (χ1v) is 7.81. The van der Waals surface area contributed by atoms with Gasteiger partial charge in [-0.2, -0.15) is 10.4 Å². The number of rotatable bonds is 6. The van der Waals surface area contributed by atoms with Crippen LogP contribution in [-0.2, 0) is 0 Å². The van der Waals surface area contributed by atoms with Crippen molar-refractivity contribution in [3.05, 3.63) is 59.7 Å². The number of nitrogens with one attached hydrogen (secondary N) is 2. The number of methoxy groups -OCH3 is 2. The van der Waals surface area contributed by atoms with E-state index >= 15 is 0 Å². The van der Waals surface area contributed by atoms with Gasteiger partial charge in [-0.15, -0.1) is 0 Å². The summed E-state index contributed by atoms with van der Waals surface area (Å²) in [5.74, 6) is 2.33. The van der Waals surface area contributed by atoms with E-state index in [1.807, 2.05) is 48.5 Å². The van der Waals surface area contributed by atoms with Crippen molar-refractivity contribution in [2.45, 2.75) is 0 Å². The van der Waals surface area contributed by atoms with Gasteiger partial charge in [0.15, 0.2) is 5.82 Å². The summed E-state index contributed by atoms with van der Waals surface area (Å²) in [4.78, 5) is 4.30. The average Bonchev–Trinajstić information content (AvgIpc) is 3.08. The second-order valence-electron chi connectivity index (χ2n) is 5.29. The highest BCUT2D eigenvalue weighted by molar-refractivity contribution is 5.83. The van der Waals surface area contributed by atoms with E-state index in [2.05, 4.69) is 26.6 Å². The Bertz CT molecular complexity index is 938. The van der Waals surface area contributed by atoms with E-state index in [0.29, 0.717) is 17.2 Å². The molecule has 2 aromatic carbocycles. The molecular weight excluding hydrogens is 330 g/mol. The van der Waals surface area contributed by atoms with Crippen LogP contribution in [0.2, 0.25) is 0 Å². The molecule has 1 aromatic heterocycles. The third kappa shape index (κ3) is 3.82. The Morgan fingerprint density at radius 3 is 2.23 bits per heavy atom. The first kappa shape index (κ1) is 17.0. The van der Waals surface area contributed by atoms with Gasteiger partial charge in [0.25, 0.3) is 0 Å². The number of ether oxygens (including phenoxy) is 2. The van der Waals surface area contributed by atoms with Gasteiger partial charge in [-0.3, -0.25) is 5.10 Å². The Labute approximate surface area is 150 Å². The summed E-state index contributed by atoms with van der Waals surface area (Å²) in [7, 11) is 3.22. The van der Waals surface area contributed by atoms with Crippen molar-refractivity contribution in [1.82, 2.24) is 10.2 Å². The number of anilines is 2. The third-order valence-electron chi connectivity index (χ3n) is 3.67. The molecule has 0 unspecified atom stereocenters.